The normalized spacial score (nSPS) is 10.4. The van der Waals surface area contributed by atoms with Crippen LogP contribution in [0.15, 0.2) is 30.6 Å². The molecule has 0 atom stereocenters. The molecule has 2 rings (SSSR count). The average molecular weight is 380 g/mol. The highest BCUT2D eigenvalue weighted by Crippen LogP contribution is 2.25. The van der Waals surface area contributed by atoms with Gasteiger partial charge >= 0.3 is 6.03 Å². The number of benzene rings is 1. The van der Waals surface area contributed by atoms with E-state index in [9.17, 15) is 9.59 Å². The first kappa shape index (κ1) is 19.7. The molecule has 0 aliphatic heterocycles. The van der Waals surface area contributed by atoms with Crippen LogP contribution in [0.1, 0.15) is 12.0 Å². The van der Waals surface area contributed by atoms with E-state index >= 15 is 0 Å². The molecule has 3 N–H and O–H groups in total. The van der Waals surface area contributed by atoms with Crippen molar-refractivity contribution in [1.82, 2.24) is 15.1 Å². The Morgan fingerprint density at radius 2 is 2.12 bits per heavy atom. The number of carbonyl (C=O) groups is 2. The van der Waals surface area contributed by atoms with Crippen molar-refractivity contribution >= 4 is 34.9 Å². The third kappa shape index (κ3) is 6.38. The number of nitrogens with zero attached hydrogens (tertiary/aromatic N) is 2. The number of anilines is 2. The van der Waals surface area contributed by atoms with Crippen molar-refractivity contribution in [3.63, 3.8) is 0 Å². The first-order valence-electron chi connectivity index (χ1n) is 8.08. The fourth-order valence-electron chi connectivity index (χ4n) is 2.29. The highest BCUT2D eigenvalue weighted by atomic mass is 35.5. The maximum absolute atomic E-state index is 12.0. The maximum Gasteiger partial charge on any atom is 0.319 e. The van der Waals surface area contributed by atoms with Crippen molar-refractivity contribution in [2.75, 3.05) is 30.9 Å². The minimum atomic E-state index is -0.363. The summed E-state index contributed by atoms with van der Waals surface area (Å²) in [6, 6.07) is 4.47. The molecule has 9 heteroatoms. The zero-order valence-electron chi connectivity index (χ0n) is 14.7. The lowest BCUT2D eigenvalue weighted by Gasteiger charge is -2.11. The number of hydrogen-bond acceptors (Lipinski definition) is 4. The van der Waals surface area contributed by atoms with Gasteiger partial charge in [0.25, 0.3) is 0 Å². The SMILES string of the molecule is COCC(=O)Nc1ccc(Cl)c(NC(=O)NCCCc2cnn(C)c2)c1. The molecule has 0 aliphatic carbocycles. The number of amides is 3. The highest BCUT2D eigenvalue weighted by Gasteiger charge is 2.08. The molecule has 0 unspecified atom stereocenters. The molecule has 26 heavy (non-hydrogen) atoms. The minimum Gasteiger partial charge on any atom is -0.375 e. The van der Waals surface area contributed by atoms with Crippen LogP contribution in [0.5, 0.6) is 0 Å². The van der Waals surface area contributed by atoms with E-state index in [2.05, 4.69) is 21.0 Å². The molecular formula is C17H22ClN5O3. The molecule has 1 heterocycles. The van der Waals surface area contributed by atoms with E-state index in [1.165, 1.54) is 7.11 Å². The summed E-state index contributed by atoms with van der Waals surface area (Å²) in [7, 11) is 3.30. The number of halogens is 1. The van der Waals surface area contributed by atoms with Crippen molar-refractivity contribution < 1.29 is 14.3 Å². The predicted octanol–water partition coefficient (Wildman–Crippen LogP) is 2.41. The van der Waals surface area contributed by atoms with Crippen LogP contribution >= 0.6 is 11.6 Å². The molecule has 0 saturated carbocycles. The Morgan fingerprint density at radius 1 is 1.31 bits per heavy atom. The Balaban J connectivity index is 1.80. The summed E-state index contributed by atoms with van der Waals surface area (Å²) in [5.41, 5.74) is 2.05. The van der Waals surface area contributed by atoms with Gasteiger partial charge in [-0.3, -0.25) is 9.48 Å². The Kier molecular flexibility index (Phi) is 7.43. The third-order valence-electron chi connectivity index (χ3n) is 3.46. The fraction of sp³-hybridized carbons (Fsp3) is 0.353. The third-order valence-corrected chi connectivity index (χ3v) is 3.79. The molecule has 0 saturated heterocycles. The van der Waals surface area contributed by atoms with Crippen LogP contribution in [0.4, 0.5) is 16.2 Å². The second-order valence-corrected chi connectivity index (χ2v) is 6.09. The van der Waals surface area contributed by atoms with Gasteiger partial charge in [-0.2, -0.15) is 5.10 Å². The average Bonchev–Trinajstić information content (AvgIpc) is 3.00. The number of nitrogens with one attached hydrogen (secondary N) is 3. The first-order chi connectivity index (χ1) is 12.5. The van der Waals surface area contributed by atoms with E-state index in [0.29, 0.717) is 22.9 Å². The molecule has 0 radical (unpaired) electrons. The van der Waals surface area contributed by atoms with Crippen LogP contribution in [0, 0.1) is 0 Å². The molecular weight excluding hydrogens is 358 g/mol. The van der Waals surface area contributed by atoms with Gasteiger partial charge < -0.3 is 20.7 Å². The van der Waals surface area contributed by atoms with Gasteiger partial charge in [0, 0.05) is 32.6 Å². The molecule has 0 fully saturated rings. The number of rotatable bonds is 8. The van der Waals surface area contributed by atoms with Crippen LogP contribution in [-0.4, -0.2) is 42.0 Å². The lowest BCUT2D eigenvalue weighted by atomic mass is 10.2. The van der Waals surface area contributed by atoms with Crippen LogP contribution in [-0.2, 0) is 23.0 Å². The van der Waals surface area contributed by atoms with Gasteiger partial charge in [-0.25, -0.2) is 4.79 Å². The molecule has 140 valence electrons. The Bertz CT molecular complexity index is 763. The minimum absolute atomic E-state index is 0.0528. The van der Waals surface area contributed by atoms with E-state index in [-0.39, 0.29) is 18.5 Å². The highest BCUT2D eigenvalue weighted by molar-refractivity contribution is 6.33. The summed E-state index contributed by atoms with van der Waals surface area (Å²) >= 11 is 6.09. The van der Waals surface area contributed by atoms with E-state index in [1.807, 2.05) is 19.4 Å². The predicted molar refractivity (Wildman–Crippen MR) is 101 cm³/mol. The number of aromatic nitrogens is 2. The quantitative estimate of drug-likeness (QED) is 0.613. The lowest BCUT2D eigenvalue weighted by molar-refractivity contribution is -0.119. The van der Waals surface area contributed by atoms with Gasteiger partial charge in [0.1, 0.15) is 6.61 Å². The largest absolute Gasteiger partial charge is 0.375 e. The molecule has 1 aromatic carbocycles. The van der Waals surface area contributed by atoms with E-state index in [4.69, 9.17) is 16.3 Å². The zero-order valence-corrected chi connectivity index (χ0v) is 15.5. The van der Waals surface area contributed by atoms with Crippen molar-refractivity contribution in [2.45, 2.75) is 12.8 Å². The number of hydrogen-bond donors (Lipinski definition) is 3. The fourth-order valence-corrected chi connectivity index (χ4v) is 2.45. The monoisotopic (exact) mass is 379 g/mol. The molecule has 0 bridgehead atoms. The summed E-state index contributed by atoms with van der Waals surface area (Å²) in [6.07, 6.45) is 5.38. The van der Waals surface area contributed by atoms with Crippen LogP contribution < -0.4 is 16.0 Å². The van der Waals surface area contributed by atoms with Crippen molar-refractivity contribution in [2.24, 2.45) is 7.05 Å². The summed E-state index contributed by atoms with van der Waals surface area (Å²) < 4.78 is 6.51. The van der Waals surface area contributed by atoms with Crippen LogP contribution in [0.25, 0.3) is 0 Å². The van der Waals surface area contributed by atoms with E-state index in [0.717, 1.165) is 18.4 Å². The van der Waals surface area contributed by atoms with Gasteiger partial charge in [-0.1, -0.05) is 11.6 Å². The van der Waals surface area contributed by atoms with Crippen LogP contribution in [0.3, 0.4) is 0 Å². The molecule has 3 amide bonds. The second kappa shape index (κ2) is 9.79. The molecule has 0 spiro atoms. The first-order valence-corrected chi connectivity index (χ1v) is 8.46. The van der Waals surface area contributed by atoms with Crippen molar-refractivity contribution in [3.05, 3.63) is 41.2 Å². The summed E-state index contributed by atoms with van der Waals surface area (Å²) in [5.74, 6) is -0.291. The topological polar surface area (TPSA) is 97.3 Å². The molecule has 0 aliphatic rings. The Labute approximate surface area is 156 Å². The summed E-state index contributed by atoms with van der Waals surface area (Å²) in [4.78, 5) is 23.6. The lowest BCUT2D eigenvalue weighted by Crippen LogP contribution is -2.30. The zero-order chi connectivity index (χ0) is 18.9. The van der Waals surface area contributed by atoms with Crippen molar-refractivity contribution in [1.29, 1.82) is 0 Å². The van der Waals surface area contributed by atoms with Gasteiger partial charge in [0.2, 0.25) is 5.91 Å². The maximum atomic E-state index is 12.0. The van der Waals surface area contributed by atoms with Gasteiger partial charge in [-0.05, 0) is 36.6 Å². The van der Waals surface area contributed by atoms with Crippen LogP contribution in [0.2, 0.25) is 5.02 Å². The Morgan fingerprint density at radius 3 is 2.81 bits per heavy atom. The smallest absolute Gasteiger partial charge is 0.319 e. The van der Waals surface area contributed by atoms with Crippen molar-refractivity contribution in [3.8, 4) is 0 Å². The van der Waals surface area contributed by atoms with Gasteiger partial charge in [0.15, 0.2) is 0 Å². The number of urea groups is 1. The second-order valence-electron chi connectivity index (χ2n) is 5.68. The Hall–Kier alpha value is -2.58. The number of carbonyl (C=O) groups excluding carboxylic acids is 2. The molecule has 2 aromatic rings. The van der Waals surface area contributed by atoms with Gasteiger partial charge in [0.05, 0.1) is 16.9 Å². The van der Waals surface area contributed by atoms with Gasteiger partial charge in [-0.15, -0.1) is 0 Å². The summed E-state index contributed by atoms with van der Waals surface area (Å²) in [6.45, 7) is 0.464. The van der Waals surface area contributed by atoms with E-state index < -0.39 is 0 Å². The summed E-state index contributed by atoms with van der Waals surface area (Å²) in [5, 5.41) is 12.6. The molecule has 8 nitrogen and oxygen atoms in total. The van der Waals surface area contributed by atoms with E-state index in [1.54, 1.807) is 22.9 Å². The molecule has 1 aromatic heterocycles. The number of aryl methyl sites for hydroxylation is 2. The number of ether oxygens (including phenoxy) is 1. The standard InChI is InChI=1S/C17H22ClN5O3/c1-23-10-12(9-20-23)4-3-7-19-17(25)22-15-8-13(5-6-14(15)18)21-16(24)11-26-2/h5-6,8-10H,3-4,7,11H2,1-2H3,(H,21,24)(H2,19,22,25). The number of methoxy groups -OCH3 is 1.